The average Bonchev–Trinajstić information content (AvgIpc) is 3.33. The lowest BCUT2D eigenvalue weighted by molar-refractivity contribution is 0.506. The van der Waals surface area contributed by atoms with Gasteiger partial charge in [-0.05, 0) is 121 Å². The van der Waals surface area contributed by atoms with Gasteiger partial charge in [0, 0.05) is 0 Å². The molecule has 1 unspecified atom stereocenters. The first kappa shape index (κ1) is 60.1. The number of aryl methyl sites for hydroxylation is 8. The maximum absolute atomic E-state index is 2.35. The maximum atomic E-state index is 2.35. The van der Waals surface area contributed by atoms with Crippen LogP contribution in [0.3, 0.4) is 0 Å². The highest BCUT2D eigenvalue weighted by Crippen LogP contribution is 2.28. The van der Waals surface area contributed by atoms with E-state index in [1.165, 1.54) is 191 Å². The van der Waals surface area contributed by atoms with Crippen molar-refractivity contribution in [3.8, 4) is 0 Å². The van der Waals surface area contributed by atoms with Crippen LogP contribution in [-0.2, 0) is 12.8 Å². The second-order valence-corrected chi connectivity index (χ2v) is 19.6. The Morgan fingerprint density at radius 3 is 0.864 bits per heavy atom. The Morgan fingerprint density at radius 2 is 0.545 bits per heavy atom. The standard InChI is InChI=1S/C18H30.C15H24.C14H22.C11H16.C8H10/c1-4-6-8-10-17(11-9-7-5-2)18-14-12-16(3)13-15-18;1-3-4-5-6-7-8-9-15-12-10-14(2)11-13-15;1-3-4-5-6-7-8-14-11-9-13(2)10-12-14;1-4-10(3)11-7-5-9(2)6-8-11;1-7-3-5-8(2)6-4-7/h12-15,17H,4-11H2,1-3H3;10-13H,3-9H2,1-2H3;9-12H,3-8H2,1-2H3;5-8,10H,4H2,1-3H3;3-6H,1-2H3. The van der Waals surface area contributed by atoms with E-state index in [2.05, 4.69) is 204 Å². The Bertz CT molecular complexity index is 1740. The number of hydrogen-bond acceptors (Lipinski definition) is 0. The topological polar surface area (TPSA) is 0 Å². The predicted molar refractivity (Wildman–Crippen MR) is 300 cm³/mol. The van der Waals surface area contributed by atoms with E-state index in [1.807, 2.05) is 0 Å². The highest BCUT2D eigenvalue weighted by molar-refractivity contribution is 5.26. The summed E-state index contributed by atoms with van der Waals surface area (Å²) in [5.41, 5.74) is 14.1. The van der Waals surface area contributed by atoms with Crippen molar-refractivity contribution in [2.45, 2.75) is 236 Å². The second kappa shape index (κ2) is 40.2. The van der Waals surface area contributed by atoms with Crippen LogP contribution in [0.4, 0.5) is 0 Å². The normalized spacial score (nSPS) is 10.9. The number of benzene rings is 5. The summed E-state index contributed by atoms with van der Waals surface area (Å²) in [6.07, 6.45) is 29.9. The monoisotopic (exact) mass is 895 g/mol. The first-order valence-corrected chi connectivity index (χ1v) is 27.2. The highest BCUT2D eigenvalue weighted by atomic mass is 14.2. The number of unbranched alkanes of at least 4 members (excludes halogenated alkanes) is 13. The third-order valence-corrected chi connectivity index (χ3v) is 13.0. The summed E-state index contributed by atoms with van der Waals surface area (Å²) in [7, 11) is 0. The SMILES string of the molecule is CCC(C)c1ccc(C)cc1.CCCCCC(CCCCC)c1ccc(C)cc1.CCCCCCCCc1ccc(C)cc1.CCCCCCCc1ccc(C)cc1.Cc1ccc(C)cc1. The van der Waals surface area contributed by atoms with Crippen molar-refractivity contribution in [2.24, 2.45) is 0 Å². The quantitative estimate of drug-likeness (QED) is 0.0542. The van der Waals surface area contributed by atoms with E-state index in [0.717, 1.165) is 5.92 Å². The zero-order chi connectivity index (χ0) is 48.6. The molecule has 5 aromatic rings. The van der Waals surface area contributed by atoms with Gasteiger partial charge in [-0.15, -0.1) is 0 Å². The van der Waals surface area contributed by atoms with Crippen LogP contribution >= 0.6 is 0 Å². The first-order chi connectivity index (χ1) is 31.9. The molecule has 0 N–H and O–H groups in total. The van der Waals surface area contributed by atoms with E-state index in [0.29, 0.717) is 5.92 Å². The molecular weight excluding hydrogens is 793 g/mol. The summed E-state index contributed by atoms with van der Waals surface area (Å²) in [4.78, 5) is 0. The third-order valence-electron chi connectivity index (χ3n) is 13.0. The molecular formula is C66H102. The average molecular weight is 896 g/mol. The minimum atomic E-state index is 0.704. The summed E-state index contributed by atoms with van der Waals surface area (Å²) >= 11 is 0. The van der Waals surface area contributed by atoms with Crippen LogP contribution in [0.25, 0.3) is 0 Å². The minimum absolute atomic E-state index is 0.704. The molecule has 0 nitrogen and oxygen atoms in total. The summed E-state index contributed by atoms with van der Waals surface area (Å²) in [6, 6.07) is 44.4. The zero-order valence-electron chi connectivity index (χ0n) is 45.3. The molecule has 0 aromatic heterocycles. The van der Waals surface area contributed by atoms with Gasteiger partial charge in [-0.25, -0.2) is 0 Å². The molecule has 5 aromatic carbocycles. The van der Waals surface area contributed by atoms with Gasteiger partial charge in [0.05, 0.1) is 0 Å². The number of rotatable bonds is 24. The molecule has 0 spiro atoms. The van der Waals surface area contributed by atoms with Gasteiger partial charge in [0.25, 0.3) is 0 Å². The molecule has 1 atom stereocenters. The van der Waals surface area contributed by atoms with Gasteiger partial charge in [-0.3, -0.25) is 0 Å². The van der Waals surface area contributed by atoms with Gasteiger partial charge in [-0.1, -0.05) is 293 Å². The van der Waals surface area contributed by atoms with Crippen LogP contribution < -0.4 is 0 Å². The van der Waals surface area contributed by atoms with Gasteiger partial charge in [0.15, 0.2) is 0 Å². The molecule has 0 fully saturated rings. The molecule has 66 heavy (non-hydrogen) atoms. The minimum Gasteiger partial charge on any atom is -0.0654 e. The molecule has 0 saturated heterocycles. The van der Waals surface area contributed by atoms with Crippen molar-refractivity contribution >= 4 is 0 Å². The zero-order valence-corrected chi connectivity index (χ0v) is 45.3. The number of hydrogen-bond donors (Lipinski definition) is 0. The largest absolute Gasteiger partial charge is 0.0654 e. The third kappa shape index (κ3) is 31.9. The molecule has 0 aliphatic heterocycles. The predicted octanol–water partition coefficient (Wildman–Crippen LogP) is 21.5. The Hall–Kier alpha value is -3.90. The van der Waals surface area contributed by atoms with Crippen molar-refractivity contribution < 1.29 is 0 Å². The molecule has 0 bridgehead atoms. The van der Waals surface area contributed by atoms with E-state index in [-0.39, 0.29) is 0 Å². The summed E-state index contributed by atoms with van der Waals surface area (Å²) in [6.45, 7) is 26.4. The van der Waals surface area contributed by atoms with Crippen molar-refractivity contribution in [3.63, 3.8) is 0 Å². The van der Waals surface area contributed by atoms with Crippen LogP contribution in [0.2, 0.25) is 0 Å². The van der Waals surface area contributed by atoms with Crippen LogP contribution in [0.5, 0.6) is 0 Å². The fourth-order valence-corrected chi connectivity index (χ4v) is 7.92. The van der Waals surface area contributed by atoms with Gasteiger partial charge in [0.2, 0.25) is 0 Å². The van der Waals surface area contributed by atoms with Gasteiger partial charge >= 0.3 is 0 Å². The Balaban J connectivity index is 0.000000421. The van der Waals surface area contributed by atoms with Crippen molar-refractivity contribution in [1.29, 1.82) is 0 Å². The van der Waals surface area contributed by atoms with Crippen molar-refractivity contribution in [1.82, 2.24) is 0 Å². The second-order valence-electron chi connectivity index (χ2n) is 19.6. The van der Waals surface area contributed by atoms with E-state index in [1.54, 1.807) is 5.56 Å². The highest BCUT2D eigenvalue weighted by Gasteiger charge is 2.11. The van der Waals surface area contributed by atoms with Crippen LogP contribution in [0.1, 0.15) is 237 Å². The van der Waals surface area contributed by atoms with E-state index in [9.17, 15) is 0 Å². The van der Waals surface area contributed by atoms with Crippen LogP contribution in [-0.4, -0.2) is 0 Å². The van der Waals surface area contributed by atoms with Crippen molar-refractivity contribution in [3.05, 3.63) is 177 Å². The lowest BCUT2D eigenvalue weighted by atomic mass is 9.88. The Kier molecular flexibility index (Phi) is 36.6. The summed E-state index contributed by atoms with van der Waals surface area (Å²) < 4.78 is 0. The lowest BCUT2D eigenvalue weighted by Gasteiger charge is -2.17. The van der Waals surface area contributed by atoms with Crippen LogP contribution in [0.15, 0.2) is 121 Å². The summed E-state index contributed by atoms with van der Waals surface area (Å²) in [5, 5.41) is 0. The van der Waals surface area contributed by atoms with Crippen LogP contribution in [0, 0.1) is 41.5 Å². The molecule has 0 aliphatic rings. The molecule has 0 amide bonds. The molecule has 0 heterocycles. The smallest absolute Gasteiger partial charge is 0.0162 e. The molecule has 0 aliphatic carbocycles. The Labute approximate surface area is 411 Å². The molecule has 366 valence electrons. The van der Waals surface area contributed by atoms with Crippen molar-refractivity contribution in [2.75, 3.05) is 0 Å². The molecule has 0 heteroatoms. The van der Waals surface area contributed by atoms with E-state index < -0.39 is 0 Å². The van der Waals surface area contributed by atoms with Gasteiger partial charge < -0.3 is 0 Å². The van der Waals surface area contributed by atoms with E-state index in [4.69, 9.17) is 0 Å². The maximum Gasteiger partial charge on any atom is -0.0162 e. The van der Waals surface area contributed by atoms with Gasteiger partial charge in [0.1, 0.15) is 0 Å². The fraction of sp³-hybridized carbons (Fsp3) is 0.545. The lowest BCUT2D eigenvalue weighted by Crippen LogP contribution is -1.99. The molecule has 5 rings (SSSR count). The Morgan fingerprint density at radius 1 is 0.288 bits per heavy atom. The van der Waals surface area contributed by atoms with Gasteiger partial charge in [-0.2, -0.15) is 0 Å². The summed E-state index contributed by atoms with van der Waals surface area (Å²) in [5.74, 6) is 1.50. The fourth-order valence-electron chi connectivity index (χ4n) is 7.92. The van der Waals surface area contributed by atoms with E-state index >= 15 is 0 Å². The molecule has 0 saturated carbocycles. The molecule has 0 radical (unpaired) electrons. The first-order valence-electron chi connectivity index (χ1n) is 27.2.